The molecule has 0 heterocycles. The molecule has 1 saturated carbocycles. The highest BCUT2D eigenvalue weighted by Gasteiger charge is 2.32. The molecular formula is C12H26N2. The van der Waals surface area contributed by atoms with Gasteiger partial charge in [0.2, 0.25) is 0 Å². The van der Waals surface area contributed by atoms with Gasteiger partial charge in [-0.3, -0.25) is 0 Å². The second-order valence-electron chi connectivity index (χ2n) is 6.09. The molecule has 1 rings (SSSR count). The Labute approximate surface area is 88.6 Å². The zero-order valence-corrected chi connectivity index (χ0v) is 10.1. The van der Waals surface area contributed by atoms with Crippen LogP contribution in [0.5, 0.6) is 0 Å². The minimum atomic E-state index is 0.404. The third-order valence-electron chi connectivity index (χ3n) is 3.01. The summed E-state index contributed by atoms with van der Waals surface area (Å²) in [5.41, 5.74) is 6.18. The predicted octanol–water partition coefficient (Wildman–Crippen LogP) is 2.00. The van der Waals surface area contributed by atoms with E-state index in [1.807, 2.05) is 0 Å². The molecule has 0 aromatic rings. The van der Waals surface area contributed by atoms with Crippen LogP contribution in [-0.4, -0.2) is 19.1 Å². The van der Waals surface area contributed by atoms with Crippen molar-refractivity contribution >= 4 is 0 Å². The van der Waals surface area contributed by atoms with Crippen molar-refractivity contribution in [3.05, 3.63) is 0 Å². The molecule has 3 unspecified atom stereocenters. The molecule has 3 N–H and O–H groups in total. The summed E-state index contributed by atoms with van der Waals surface area (Å²) in [5, 5.41) is 3.60. The highest BCUT2D eigenvalue weighted by atomic mass is 15.0. The summed E-state index contributed by atoms with van der Waals surface area (Å²) in [6.45, 7) is 11.1. The first-order chi connectivity index (χ1) is 6.42. The third kappa shape index (κ3) is 4.43. The van der Waals surface area contributed by atoms with Gasteiger partial charge in [-0.2, -0.15) is 0 Å². The van der Waals surface area contributed by atoms with Gasteiger partial charge >= 0.3 is 0 Å². The van der Waals surface area contributed by atoms with E-state index in [1.54, 1.807) is 0 Å². The van der Waals surface area contributed by atoms with E-state index in [9.17, 15) is 0 Å². The van der Waals surface area contributed by atoms with Gasteiger partial charge in [0.25, 0.3) is 0 Å². The van der Waals surface area contributed by atoms with Gasteiger partial charge in [0, 0.05) is 6.04 Å². The largest absolute Gasteiger partial charge is 0.330 e. The molecule has 2 heteroatoms. The van der Waals surface area contributed by atoms with Gasteiger partial charge in [0.05, 0.1) is 0 Å². The minimum absolute atomic E-state index is 0.404. The molecule has 84 valence electrons. The van der Waals surface area contributed by atoms with E-state index in [-0.39, 0.29) is 0 Å². The van der Waals surface area contributed by atoms with Crippen molar-refractivity contribution in [3.63, 3.8) is 0 Å². The van der Waals surface area contributed by atoms with Crippen LogP contribution in [-0.2, 0) is 0 Å². The molecular weight excluding hydrogens is 172 g/mol. The fraction of sp³-hybridized carbons (Fsp3) is 1.00. The first-order valence-electron chi connectivity index (χ1n) is 5.86. The molecule has 1 fully saturated rings. The van der Waals surface area contributed by atoms with E-state index in [0.717, 1.165) is 25.0 Å². The van der Waals surface area contributed by atoms with E-state index in [4.69, 9.17) is 5.73 Å². The van der Waals surface area contributed by atoms with Crippen molar-refractivity contribution in [2.24, 2.45) is 23.0 Å². The highest BCUT2D eigenvalue weighted by molar-refractivity contribution is 4.90. The summed E-state index contributed by atoms with van der Waals surface area (Å²) in [4.78, 5) is 0. The number of rotatable bonds is 5. The Morgan fingerprint density at radius 3 is 2.36 bits per heavy atom. The highest BCUT2D eigenvalue weighted by Crippen LogP contribution is 2.30. The Morgan fingerprint density at radius 1 is 1.43 bits per heavy atom. The van der Waals surface area contributed by atoms with Crippen molar-refractivity contribution in [2.75, 3.05) is 13.1 Å². The molecule has 3 atom stereocenters. The van der Waals surface area contributed by atoms with Gasteiger partial charge in [-0.15, -0.1) is 0 Å². The van der Waals surface area contributed by atoms with E-state index in [2.05, 4.69) is 33.0 Å². The first kappa shape index (κ1) is 12.0. The monoisotopic (exact) mass is 198 g/mol. The number of hydrogen-bond acceptors (Lipinski definition) is 2. The summed E-state index contributed by atoms with van der Waals surface area (Å²) in [7, 11) is 0. The molecule has 0 amide bonds. The molecule has 0 aromatic heterocycles. The lowest BCUT2D eigenvalue weighted by Gasteiger charge is -2.25. The van der Waals surface area contributed by atoms with E-state index < -0.39 is 0 Å². The van der Waals surface area contributed by atoms with Crippen molar-refractivity contribution in [2.45, 2.75) is 46.6 Å². The van der Waals surface area contributed by atoms with Crippen LogP contribution in [0.1, 0.15) is 40.5 Å². The Morgan fingerprint density at radius 2 is 2.00 bits per heavy atom. The predicted molar refractivity (Wildman–Crippen MR) is 62.2 cm³/mol. The van der Waals surface area contributed by atoms with Gasteiger partial charge < -0.3 is 11.1 Å². The Bertz CT molecular complexity index is 172. The van der Waals surface area contributed by atoms with Gasteiger partial charge in [0.15, 0.2) is 0 Å². The second kappa shape index (κ2) is 4.63. The summed E-state index contributed by atoms with van der Waals surface area (Å²) in [6, 6.07) is 0.781. The van der Waals surface area contributed by atoms with Crippen LogP contribution in [0.2, 0.25) is 0 Å². The van der Waals surface area contributed by atoms with Crippen molar-refractivity contribution in [1.29, 1.82) is 0 Å². The lowest BCUT2D eigenvalue weighted by Crippen LogP contribution is -2.32. The zero-order chi connectivity index (χ0) is 10.8. The normalized spacial score (nSPS) is 28.9. The summed E-state index contributed by atoms with van der Waals surface area (Å²) in [6.07, 6.45) is 2.57. The topological polar surface area (TPSA) is 38.0 Å². The molecule has 1 aliphatic rings. The van der Waals surface area contributed by atoms with Gasteiger partial charge in [-0.25, -0.2) is 0 Å². The minimum Gasteiger partial charge on any atom is -0.330 e. The van der Waals surface area contributed by atoms with Gasteiger partial charge in [0.1, 0.15) is 0 Å². The van der Waals surface area contributed by atoms with Crippen molar-refractivity contribution in [3.8, 4) is 0 Å². The fourth-order valence-electron chi connectivity index (χ4n) is 2.03. The number of nitrogens with one attached hydrogen (secondary N) is 1. The average Bonchev–Trinajstić information content (AvgIpc) is 2.73. The molecule has 0 radical (unpaired) electrons. The number of hydrogen-bond donors (Lipinski definition) is 2. The van der Waals surface area contributed by atoms with Crippen LogP contribution >= 0.6 is 0 Å². The van der Waals surface area contributed by atoms with Crippen molar-refractivity contribution in [1.82, 2.24) is 5.32 Å². The maximum Gasteiger partial charge on any atom is 0.00965 e. The van der Waals surface area contributed by atoms with Crippen LogP contribution in [0.15, 0.2) is 0 Å². The van der Waals surface area contributed by atoms with Crippen molar-refractivity contribution < 1.29 is 0 Å². The van der Waals surface area contributed by atoms with Crippen LogP contribution < -0.4 is 11.1 Å². The maximum atomic E-state index is 5.78. The molecule has 0 spiro atoms. The maximum absolute atomic E-state index is 5.78. The van der Waals surface area contributed by atoms with E-state index in [1.165, 1.54) is 12.8 Å². The summed E-state index contributed by atoms with van der Waals surface area (Å²) < 4.78 is 0. The lowest BCUT2D eigenvalue weighted by atomic mass is 9.84. The Balaban J connectivity index is 2.18. The molecule has 2 nitrogen and oxygen atoms in total. The van der Waals surface area contributed by atoms with Crippen LogP contribution in [0, 0.1) is 17.3 Å². The van der Waals surface area contributed by atoms with Gasteiger partial charge in [-0.1, -0.05) is 27.7 Å². The smallest absolute Gasteiger partial charge is 0.00965 e. The molecule has 0 aliphatic heterocycles. The lowest BCUT2D eigenvalue weighted by molar-refractivity contribution is 0.289. The fourth-order valence-corrected chi connectivity index (χ4v) is 2.03. The molecule has 0 aromatic carbocycles. The van der Waals surface area contributed by atoms with Crippen LogP contribution in [0.3, 0.4) is 0 Å². The molecule has 1 aliphatic carbocycles. The molecule has 0 bridgehead atoms. The summed E-state index contributed by atoms with van der Waals surface area (Å²) >= 11 is 0. The molecule has 14 heavy (non-hydrogen) atoms. The standard InChI is InChI=1S/C12H26N2/c1-9-5-11(9)14-8-10(7-13)6-12(2,3)4/h9-11,14H,5-8,13H2,1-4H3. The average molecular weight is 198 g/mol. The Kier molecular flexibility index (Phi) is 3.96. The Hall–Kier alpha value is -0.0800. The second-order valence-corrected chi connectivity index (χ2v) is 6.09. The number of nitrogens with two attached hydrogens (primary N) is 1. The third-order valence-corrected chi connectivity index (χ3v) is 3.01. The van der Waals surface area contributed by atoms with Gasteiger partial charge in [-0.05, 0) is 43.2 Å². The van der Waals surface area contributed by atoms with Crippen LogP contribution in [0.4, 0.5) is 0 Å². The van der Waals surface area contributed by atoms with E-state index >= 15 is 0 Å². The first-order valence-corrected chi connectivity index (χ1v) is 5.86. The summed E-state index contributed by atoms with van der Waals surface area (Å²) in [5.74, 6) is 1.53. The quantitative estimate of drug-likeness (QED) is 0.709. The zero-order valence-electron chi connectivity index (χ0n) is 10.1. The van der Waals surface area contributed by atoms with Crippen LogP contribution in [0.25, 0.3) is 0 Å². The van der Waals surface area contributed by atoms with E-state index in [0.29, 0.717) is 11.3 Å². The molecule has 0 saturated heterocycles. The SMILES string of the molecule is CC1CC1NCC(CN)CC(C)(C)C.